The summed E-state index contributed by atoms with van der Waals surface area (Å²) in [4.78, 5) is 14.8. The second-order valence-electron chi connectivity index (χ2n) is 13.7. The zero-order chi connectivity index (χ0) is 41.4. The summed E-state index contributed by atoms with van der Waals surface area (Å²) in [6.07, 6.45) is 0. The van der Waals surface area contributed by atoms with Crippen LogP contribution >= 0.6 is 0 Å². The number of rotatable bonds is 6. The zero-order valence-electron chi connectivity index (χ0n) is 34.8. The third-order valence-electron chi connectivity index (χ3n) is 10.4. The van der Waals surface area contributed by atoms with Crippen LogP contribution in [0.3, 0.4) is 0 Å². The first-order valence-electron chi connectivity index (χ1n) is 20.9. The molecule has 8 aromatic carbocycles. The Hall–Kier alpha value is -7.63. The van der Waals surface area contributed by atoms with Gasteiger partial charge in [0.2, 0.25) is 0 Å². The van der Waals surface area contributed by atoms with E-state index in [9.17, 15) is 0 Å². The molecule has 0 radical (unpaired) electrons. The minimum absolute atomic E-state index is 0.138. The van der Waals surface area contributed by atoms with E-state index in [0.29, 0.717) is 28.6 Å². The summed E-state index contributed by atoms with van der Waals surface area (Å²) >= 11 is 0. The van der Waals surface area contributed by atoms with Crippen molar-refractivity contribution in [2.45, 2.75) is 0 Å². The van der Waals surface area contributed by atoms with E-state index in [0.717, 1.165) is 49.8 Å². The molecule has 5 nitrogen and oxygen atoms in total. The van der Waals surface area contributed by atoms with Gasteiger partial charge in [-0.15, -0.1) is 0 Å². The number of fused-ring (bicyclic) bond motifs is 6. The topological polar surface area (TPSA) is 56.7 Å². The number of furan rings is 1. The van der Waals surface area contributed by atoms with Gasteiger partial charge in [-0.2, -0.15) is 0 Å². The maximum absolute atomic E-state index is 8.45. The molecular formula is C51H32N4O. The first kappa shape index (κ1) is 27.0. The predicted molar refractivity (Wildman–Crippen MR) is 229 cm³/mol. The highest BCUT2D eigenvalue weighted by molar-refractivity contribution is 6.11. The lowest BCUT2D eigenvalue weighted by atomic mass is 10.0. The van der Waals surface area contributed by atoms with E-state index in [-0.39, 0.29) is 29.7 Å². The van der Waals surface area contributed by atoms with Crippen molar-refractivity contribution in [2.75, 3.05) is 0 Å². The summed E-state index contributed by atoms with van der Waals surface area (Å²) < 4.78 is 50.0. The Morgan fingerprint density at radius 2 is 0.946 bits per heavy atom. The maximum Gasteiger partial charge on any atom is 0.164 e. The summed E-state index contributed by atoms with van der Waals surface area (Å²) in [7, 11) is 0. The first-order valence-corrected chi connectivity index (χ1v) is 18.4. The second kappa shape index (κ2) is 13.0. The standard InChI is InChI=1S/C51H32N4O/c1-4-12-33(13-5-1)35-20-22-37(23-21-35)50-52-49(36-16-8-3-9-17-36)53-51(54-50)39-25-29-47-44(31-39)42-27-26-40(32-48(42)56-47)55-45-19-11-10-18-41(45)43-30-38(24-28-46(43)55)34-14-6-2-7-15-34/h1-32H/i1D,4D,5D,12D,13D. The summed E-state index contributed by atoms with van der Waals surface area (Å²) in [5.74, 6) is 1.41. The third kappa shape index (κ3) is 5.45. The molecule has 262 valence electrons. The van der Waals surface area contributed by atoms with Gasteiger partial charge in [0.15, 0.2) is 17.5 Å². The number of para-hydroxylation sites is 1. The summed E-state index contributed by atoms with van der Waals surface area (Å²) in [6.45, 7) is 0. The van der Waals surface area contributed by atoms with Crippen LogP contribution in [-0.4, -0.2) is 19.5 Å². The molecule has 0 aliphatic heterocycles. The van der Waals surface area contributed by atoms with Crippen molar-refractivity contribution < 1.29 is 11.3 Å². The van der Waals surface area contributed by atoms with E-state index in [2.05, 4.69) is 95.6 Å². The summed E-state index contributed by atoms with van der Waals surface area (Å²) in [5.41, 5.74) is 10.0. The highest BCUT2D eigenvalue weighted by atomic mass is 16.3. The zero-order valence-corrected chi connectivity index (χ0v) is 29.8. The third-order valence-corrected chi connectivity index (χ3v) is 10.4. The van der Waals surface area contributed by atoms with Gasteiger partial charge in [-0.25, -0.2) is 15.0 Å². The maximum atomic E-state index is 8.45. The minimum Gasteiger partial charge on any atom is -0.456 e. The van der Waals surface area contributed by atoms with Gasteiger partial charge in [0, 0.05) is 50.0 Å². The van der Waals surface area contributed by atoms with E-state index in [1.807, 2.05) is 48.5 Å². The van der Waals surface area contributed by atoms with Gasteiger partial charge in [0.1, 0.15) is 11.2 Å². The van der Waals surface area contributed by atoms with Crippen LogP contribution in [0.25, 0.3) is 106 Å². The second-order valence-corrected chi connectivity index (χ2v) is 13.7. The molecule has 0 saturated heterocycles. The van der Waals surface area contributed by atoms with E-state index < -0.39 is 6.04 Å². The van der Waals surface area contributed by atoms with Crippen molar-refractivity contribution in [1.29, 1.82) is 0 Å². The molecule has 11 aromatic rings. The van der Waals surface area contributed by atoms with Gasteiger partial charge in [-0.1, -0.05) is 139 Å². The van der Waals surface area contributed by atoms with Gasteiger partial charge in [-0.05, 0) is 70.8 Å². The van der Waals surface area contributed by atoms with Crippen LogP contribution in [-0.2, 0) is 0 Å². The molecule has 5 heteroatoms. The smallest absolute Gasteiger partial charge is 0.164 e. The fourth-order valence-corrected chi connectivity index (χ4v) is 7.64. The van der Waals surface area contributed by atoms with E-state index in [1.165, 1.54) is 21.9 Å². The fourth-order valence-electron chi connectivity index (χ4n) is 7.64. The average molecular weight is 722 g/mol. The van der Waals surface area contributed by atoms with Gasteiger partial charge < -0.3 is 8.98 Å². The molecule has 3 aromatic heterocycles. The van der Waals surface area contributed by atoms with Gasteiger partial charge in [0.25, 0.3) is 0 Å². The average Bonchev–Trinajstić information content (AvgIpc) is 3.85. The molecule has 0 amide bonds. The predicted octanol–water partition coefficient (Wildman–Crippen LogP) is 13.2. The van der Waals surface area contributed by atoms with E-state index in [1.54, 1.807) is 24.3 Å². The fraction of sp³-hybridized carbons (Fsp3) is 0. The number of aromatic nitrogens is 4. The normalized spacial score (nSPS) is 12.8. The molecule has 0 atom stereocenters. The van der Waals surface area contributed by atoms with Crippen LogP contribution < -0.4 is 0 Å². The molecule has 0 aliphatic carbocycles. The Kier molecular flexibility index (Phi) is 6.29. The highest BCUT2D eigenvalue weighted by Crippen LogP contribution is 2.38. The highest BCUT2D eigenvalue weighted by Gasteiger charge is 2.18. The van der Waals surface area contributed by atoms with Crippen LogP contribution in [0.5, 0.6) is 0 Å². The van der Waals surface area contributed by atoms with Crippen molar-refractivity contribution >= 4 is 43.7 Å². The first-order chi connectivity index (χ1) is 29.8. The Morgan fingerprint density at radius 1 is 0.375 bits per heavy atom. The Morgan fingerprint density at radius 3 is 1.71 bits per heavy atom. The molecule has 56 heavy (non-hydrogen) atoms. The Balaban J connectivity index is 1.00. The minimum atomic E-state index is -0.426. The van der Waals surface area contributed by atoms with Crippen LogP contribution in [0.2, 0.25) is 0 Å². The van der Waals surface area contributed by atoms with Gasteiger partial charge in [0.05, 0.1) is 17.9 Å². The summed E-state index contributed by atoms with van der Waals surface area (Å²) in [6, 6.07) is 53.0. The lowest BCUT2D eigenvalue weighted by molar-refractivity contribution is 0.668. The van der Waals surface area contributed by atoms with E-state index >= 15 is 0 Å². The SMILES string of the molecule is [2H]c1c([2H])c([2H])c(-c2ccc(-c3nc(-c4ccccc4)nc(-c4ccc5oc6cc(-n7c8ccccc8c8cc(-c9ccccc9)ccc87)ccc6c5c4)n3)cc2)c([2H])c1[2H]. The molecule has 11 rings (SSSR count). The molecule has 0 N–H and O–H groups in total. The number of hydrogen-bond donors (Lipinski definition) is 0. The van der Waals surface area contributed by atoms with Gasteiger partial charge in [-0.3, -0.25) is 0 Å². The number of benzene rings is 8. The van der Waals surface area contributed by atoms with Crippen molar-refractivity contribution in [3.8, 4) is 62.1 Å². The van der Waals surface area contributed by atoms with Crippen molar-refractivity contribution in [3.63, 3.8) is 0 Å². The molecule has 0 saturated carbocycles. The lowest BCUT2D eigenvalue weighted by Gasteiger charge is -2.09. The molecular weight excluding hydrogens is 685 g/mol. The number of nitrogens with zero attached hydrogens (tertiary/aromatic N) is 4. The molecule has 0 fully saturated rings. The molecule has 0 bridgehead atoms. The van der Waals surface area contributed by atoms with Crippen molar-refractivity contribution in [1.82, 2.24) is 19.5 Å². The molecule has 3 heterocycles. The number of hydrogen-bond acceptors (Lipinski definition) is 4. The quantitative estimate of drug-likeness (QED) is 0.172. The largest absolute Gasteiger partial charge is 0.456 e. The Labute approximate surface area is 329 Å². The molecule has 0 aliphatic rings. The lowest BCUT2D eigenvalue weighted by Crippen LogP contribution is -2.00. The van der Waals surface area contributed by atoms with Crippen molar-refractivity contribution in [3.05, 3.63) is 194 Å². The Bertz CT molecular complexity index is 3500. The van der Waals surface area contributed by atoms with Gasteiger partial charge >= 0.3 is 0 Å². The monoisotopic (exact) mass is 721 g/mol. The van der Waals surface area contributed by atoms with Crippen LogP contribution in [0.4, 0.5) is 0 Å². The molecule has 0 unspecified atom stereocenters. The van der Waals surface area contributed by atoms with Crippen molar-refractivity contribution in [2.24, 2.45) is 0 Å². The van der Waals surface area contributed by atoms with Crippen LogP contribution in [0.15, 0.2) is 198 Å². The van der Waals surface area contributed by atoms with E-state index in [4.69, 9.17) is 26.2 Å². The van der Waals surface area contributed by atoms with Crippen LogP contribution in [0.1, 0.15) is 6.85 Å². The molecule has 0 spiro atoms. The summed E-state index contributed by atoms with van der Waals surface area (Å²) in [5, 5.41) is 4.26. The van der Waals surface area contributed by atoms with Crippen LogP contribution in [0, 0.1) is 0 Å².